The lowest BCUT2D eigenvalue weighted by Gasteiger charge is -2.03. The van der Waals surface area contributed by atoms with Crippen molar-refractivity contribution < 1.29 is 4.42 Å². The normalized spacial score (nSPS) is 10.0. The van der Waals surface area contributed by atoms with Crippen molar-refractivity contribution in [3.05, 3.63) is 42.1 Å². The Labute approximate surface area is 97.7 Å². The van der Waals surface area contributed by atoms with E-state index in [0.717, 1.165) is 5.56 Å². The van der Waals surface area contributed by atoms with Crippen molar-refractivity contribution in [3.63, 3.8) is 0 Å². The number of hydrogen-bond donors (Lipinski definition) is 2. The van der Waals surface area contributed by atoms with Crippen LogP contribution in [0.25, 0.3) is 0 Å². The van der Waals surface area contributed by atoms with Crippen molar-refractivity contribution in [1.82, 2.24) is 9.97 Å². The number of hydrogen-bond acceptors (Lipinski definition) is 5. The number of nitrogens with one attached hydrogen (secondary N) is 1. The summed E-state index contributed by atoms with van der Waals surface area (Å²) in [6.07, 6.45) is 4.88. The summed E-state index contributed by atoms with van der Waals surface area (Å²) in [5.41, 5.74) is 7.04. The van der Waals surface area contributed by atoms with E-state index in [1.165, 1.54) is 0 Å². The molecule has 0 fully saturated rings. The maximum absolute atomic E-state index is 5.47. The van der Waals surface area contributed by atoms with Crippen LogP contribution in [-0.2, 0) is 6.54 Å². The molecule has 0 unspecified atom stereocenters. The van der Waals surface area contributed by atoms with Gasteiger partial charge in [-0.3, -0.25) is 0 Å². The minimum absolute atomic E-state index is 0.258. The first kappa shape index (κ1) is 10.6. The van der Waals surface area contributed by atoms with Gasteiger partial charge in [0.05, 0.1) is 12.5 Å². The summed E-state index contributed by atoms with van der Waals surface area (Å²) in [4.78, 5) is 8.46. The molecule has 0 atom stereocenters. The van der Waals surface area contributed by atoms with Gasteiger partial charge in [0.15, 0.2) is 0 Å². The Bertz CT molecular complexity index is 483. The Morgan fingerprint density at radius 3 is 3.06 bits per heavy atom. The van der Waals surface area contributed by atoms with Crippen molar-refractivity contribution in [3.8, 4) is 0 Å². The molecule has 16 heavy (non-hydrogen) atoms. The first-order chi connectivity index (χ1) is 7.75. The molecule has 2 heterocycles. The Balaban J connectivity index is 2.04. The highest BCUT2D eigenvalue weighted by atomic mass is 32.1. The fraction of sp³-hybridized carbons (Fsp3) is 0.100. The van der Waals surface area contributed by atoms with Crippen LogP contribution in [0.15, 0.2) is 35.3 Å². The molecule has 0 amide bonds. The molecule has 3 N–H and O–H groups in total. The van der Waals surface area contributed by atoms with Crippen LogP contribution in [-0.4, -0.2) is 15.0 Å². The number of nitrogens with zero attached hydrogens (tertiary/aromatic N) is 2. The van der Waals surface area contributed by atoms with E-state index in [-0.39, 0.29) is 4.99 Å². The van der Waals surface area contributed by atoms with Gasteiger partial charge in [0.1, 0.15) is 10.7 Å². The van der Waals surface area contributed by atoms with Crippen LogP contribution in [0.3, 0.4) is 0 Å². The summed E-state index contributed by atoms with van der Waals surface area (Å²) in [7, 11) is 0. The molecule has 0 aliphatic rings. The van der Waals surface area contributed by atoms with Gasteiger partial charge in [0.2, 0.25) is 5.95 Å². The average Bonchev–Trinajstić information content (AvgIpc) is 2.79. The largest absolute Gasteiger partial charge is 0.472 e. The smallest absolute Gasteiger partial charge is 0.223 e. The van der Waals surface area contributed by atoms with Crippen LogP contribution in [0, 0.1) is 0 Å². The second-order valence-electron chi connectivity index (χ2n) is 3.11. The Hall–Kier alpha value is -1.95. The third-order valence-corrected chi connectivity index (χ3v) is 2.15. The molecule has 0 aliphatic heterocycles. The van der Waals surface area contributed by atoms with Gasteiger partial charge < -0.3 is 15.5 Å². The summed E-state index contributed by atoms with van der Waals surface area (Å²) in [5.74, 6) is 0.492. The van der Waals surface area contributed by atoms with Crippen LogP contribution >= 0.6 is 12.2 Å². The van der Waals surface area contributed by atoms with E-state index in [9.17, 15) is 0 Å². The fourth-order valence-electron chi connectivity index (χ4n) is 1.16. The maximum atomic E-state index is 5.47. The molecule has 2 rings (SSSR count). The van der Waals surface area contributed by atoms with E-state index in [1.54, 1.807) is 24.8 Å². The van der Waals surface area contributed by atoms with Gasteiger partial charge in [0.25, 0.3) is 0 Å². The highest BCUT2D eigenvalue weighted by molar-refractivity contribution is 7.80. The van der Waals surface area contributed by atoms with E-state index in [0.29, 0.717) is 18.2 Å². The van der Waals surface area contributed by atoms with Gasteiger partial charge in [-0.05, 0) is 12.1 Å². The van der Waals surface area contributed by atoms with Crippen LogP contribution < -0.4 is 11.1 Å². The highest BCUT2D eigenvalue weighted by Crippen LogP contribution is 2.05. The lowest BCUT2D eigenvalue weighted by Crippen LogP contribution is -2.13. The number of rotatable bonds is 4. The van der Waals surface area contributed by atoms with Crippen molar-refractivity contribution in [2.75, 3.05) is 5.32 Å². The molecule has 0 spiro atoms. The van der Waals surface area contributed by atoms with Crippen molar-refractivity contribution in [2.24, 2.45) is 5.73 Å². The average molecular weight is 234 g/mol. The second kappa shape index (κ2) is 4.71. The Morgan fingerprint density at radius 2 is 2.38 bits per heavy atom. The molecule has 6 heteroatoms. The minimum Gasteiger partial charge on any atom is -0.472 e. The third kappa shape index (κ3) is 2.54. The minimum atomic E-state index is 0.258. The quantitative estimate of drug-likeness (QED) is 0.777. The van der Waals surface area contributed by atoms with E-state index in [1.807, 2.05) is 6.07 Å². The maximum Gasteiger partial charge on any atom is 0.223 e. The molecular weight excluding hydrogens is 224 g/mol. The summed E-state index contributed by atoms with van der Waals surface area (Å²) < 4.78 is 4.94. The zero-order chi connectivity index (χ0) is 11.4. The van der Waals surface area contributed by atoms with Crippen molar-refractivity contribution in [1.29, 1.82) is 0 Å². The Morgan fingerprint density at radius 1 is 1.50 bits per heavy atom. The van der Waals surface area contributed by atoms with Gasteiger partial charge in [-0.15, -0.1) is 0 Å². The molecule has 0 aliphatic carbocycles. The molecule has 0 saturated carbocycles. The fourth-order valence-corrected chi connectivity index (χ4v) is 1.27. The van der Waals surface area contributed by atoms with Gasteiger partial charge in [-0.2, -0.15) is 0 Å². The zero-order valence-corrected chi connectivity index (χ0v) is 9.20. The highest BCUT2D eigenvalue weighted by Gasteiger charge is 2.01. The van der Waals surface area contributed by atoms with Gasteiger partial charge in [-0.25, -0.2) is 9.97 Å². The predicted molar refractivity (Wildman–Crippen MR) is 64.0 cm³/mol. The number of aromatic nitrogens is 2. The molecule has 0 bridgehead atoms. The third-order valence-electron chi connectivity index (χ3n) is 1.94. The second-order valence-corrected chi connectivity index (χ2v) is 3.55. The van der Waals surface area contributed by atoms with E-state index in [4.69, 9.17) is 22.4 Å². The van der Waals surface area contributed by atoms with Crippen molar-refractivity contribution >= 4 is 23.2 Å². The molecular formula is C10H10N4OS. The Kier molecular flexibility index (Phi) is 3.11. The lowest BCUT2D eigenvalue weighted by atomic mass is 10.3. The number of furan rings is 1. The van der Waals surface area contributed by atoms with Gasteiger partial charge >= 0.3 is 0 Å². The molecule has 2 aromatic heterocycles. The first-order valence-corrected chi connectivity index (χ1v) is 5.04. The number of thiocarbonyl (C=S) groups is 1. The topological polar surface area (TPSA) is 77.0 Å². The standard InChI is InChI=1S/C10H10N4OS/c11-9(16)8-1-3-12-10(14-8)13-5-7-2-4-15-6-7/h1-4,6H,5H2,(H2,11,16)(H,12,13,14). The van der Waals surface area contributed by atoms with E-state index in [2.05, 4.69) is 15.3 Å². The SMILES string of the molecule is NC(=S)c1ccnc(NCc2ccoc2)n1. The van der Waals surface area contributed by atoms with Crippen LogP contribution in [0.1, 0.15) is 11.3 Å². The molecule has 0 radical (unpaired) electrons. The van der Waals surface area contributed by atoms with E-state index >= 15 is 0 Å². The molecule has 2 aromatic rings. The number of nitrogens with two attached hydrogens (primary N) is 1. The van der Waals surface area contributed by atoms with Gasteiger partial charge in [-0.1, -0.05) is 12.2 Å². The molecule has 0 saturated heterocycles. The first-order valence-electron chi connectivity index (χ1n) is 4.63. The van der Waals surface area contributed by atoms with Crippen LogP contribution in [0.4, 0.5) is 5.95 Å². The van der Waals surface area contributed by atoms with Crippen LogP contribution in [0.5, 0.6) is 0 Å². The van der Waals surface area contributed by atoms with E-state index < -0.39 is 0 Å². The monoisotopic (exact) mass is 234 g/mol. The molecule has 82 valence electrons. The van der Waals surface area contributed by atoms with Gasteiger partial charge in [0, 0.05) is 18.3 Å². The summed E-state index contributed by atoms with van der Waals surface area (Å²) >= 11 is 4.83. The summed E-state index contributed by atoms with van der Waals surface area (Å²) in [5, 5.41) is 3.04. The predicted octanol–water partition coefficient (Wildman–Crippen LogP) is 1.32. The lowest BCUT2D eigenvalue weighted by molar-refractivity contribution is 0.564. The summed E-state index contributed by atoms with van der Waals surface area (Å²) in [6.45, 7) is 0.595. The molecule has 0 aromatic carbocycles. The summed E-state index contributed by atoms with van der Waals surface area (Å²) in [6, 6.07) is 3.54. The molecule has 5 nitrogen and oxygen atoms in total. The zero-order valence-electron chi connectivity index (χ0n) is 8.38. The van der Waals surface area contributed by atoms with Crippen LogP contribution in [0.2, 0.25) is 0 Å². The van der Waals surface area contributed by atoms with Crippen molar-refractivity contribution in [2.45, 2.75) is 6.54 Å². The number of anilines is 1.